The summed E-state index contributed by atoms with van der Waals surface area (Å²) < 4.78 is 36.5. The number of fused-ring (bicyclic) bond motifs is 1. The predicted octanol–water partition coefficient (Wildman–Crippen LogP) is 2.42. The molecule has 0 radical (unpaired) electrons. The van der Waals surface area contributed by atoms with E-state index < -0.39 is 27.7 Å². The van der Waals surface area contributed by atoms with Crippen molar-refractivity contribution in [3.8, 4) is 0 Å². The lowest BCUT2D eigenvalue weighted by Gasteiger charge is -2.12. The van der Waals surface area contributed by atoms with Crippen molar-refractivity contribution in [2.45, 2.75) is 11.8 Å². The van der Waals surface area contributed by atoms with Crippen molar-refractivity contribution >= 4 is 55.7 Å². The standard InChI is InChI=1S/C19H15FN4O4S2/c1-2-24-18(26)16(15-13-9-10(20)3-8-14(13)23-17(15)25)29-19(24)22-11-4-6-12(7-5-11)30(21,27)28/h3-9H,2H2,1H3,(H,23,25)(H2,21,27,28)/b16-15-,22-19-. The van der Waals surface area contributed by atoms with E-state index in [1.807, 2.05) is 0 Å². The van der Waals surface area contributed by atoms with Crippen LogP contribution in [0.5, 0.6) is 0 Å². The van der Waals surface area contributed by atoms with Gasteiger partial charge in [0.1, 0.15) is 5.82 Å². The highest BCUT2D eigenvalue weighted by Crippen LogP contribution is 2.42. The number of hydrogen-bond acceptors (Lipinski definition) is 6. The molecule has 3 N–H and O–H groups in total. The summed E-state index contributed by atoms with van der Waals surface area (Å²) in [5, 5.41) is 8.05. The second-order valence-electron chi connectivity index (χ2n) is 6.43. The average molecular weight is 446 g/mol. The molecule has 0 atom stereocenters. The topological polar surface area (TPSA) is 122 Å². The van der Waals surface area contributed by atoms with Crippen LogP contribution >= 0.6 is 11.8 Å². The number of benzene rings is 2. The zero-order valence-corrected chi connectivity index (χ0v) is 17.2. The molecular formula is C19H15FN4O4S2. The number of nitrogens with two attached hydrogens (primary N) is 1. The first-order chi connectivity index (χ1) is 14.2. The molecule has 2 aromatic carbocycles. The maximum absolute atomic E-state index is 13.7. The predicted molar refractivity (Wildman–Crippen MR) is 112 cm³/mol. The molecule has 11 heteroatoms. The van der Waals surface area contributed by atoms with Crippen LogP contribution in [0.2, 0.25) is 0 Å². The van der Waals surface area contributed by atoms with Gasteiger partial charge in [0.2, 0.25) is 10.0 Å². The molecule has 2 aromatic rings. The maximum atomic E-state index is 13.7. The summed E-state index contributed by atoms with van der Waals surface area (Å²) in [4.78, 5) is 31.3. The van der Waals surface area contributed by atoms with Gasteiger partial charge in [-0.05, 0) is 61.2 Å². The first-order valence-electron chi connectivity index (χ1n) is 8.76. The Labute approximate surface area is 175 Å². The van der Waals surface area contributed by atoms with E-state index in [0.29, 0.717) is 28.7 Å². The number of nitrogens with one attached hydrogen (secondary N) is 1. The van der Waals surface area contributed by atoms with Crippen molar-refractivity contribution in [2.24, 2.45) is 10.1 Å². The van der Waals surface area contributed by atoms with Crippen molar-refractivity contribution in [1.29, 1.82) is 0 Å². The smallest absolute Gasteiger partial charge is 0.267 e. The number of carbonyl (C=O) groups is 2. The minimum atomic E-state index is -3.83. The molecule has 30 heavy (non-hydrogen) atoms. The third kappa shape index (κ3) is 3.51. The fourth-order valence-corrected chi connectivity index (χ4v) is 4.78. The number of nitrogens with zero attached hydrogens (tertiary/aromatic N) is 2. The monoisotopic (exact) mass is 446 g/mol. The number of carbonyl (C=O) groups excluding carboxylic acids is 2. The van der Waals surface area contributed by atoms with Crippen LogP contribution in [-0.2, 0) is 19.6 Å². The lowest BCUT2D eigenvalue weighted by Crippen LogP contribution is -2.29. The van der Waals surface area contributed by atoms with E-state index in [9.17, 15) is 22.4 Å². The highest BCUT2D eigenvalue weighted by molar-refractivity contribution is 8.18. The molecule has 2 amide bonds. The molecule has 1 fully saturated rings. The number of primary sulfonamides is 1. The maximum Gasteiger partial charge on any atom is 0.267 e. The van der Waals surface area contributed by atoms with Gasteiger partial charge in [-0.2, -0.15) is 0 Å². The Kier molecular flexibility index (Phi) is 4.96. The molecule has 0 aromatic heterocycles. The number of sulfonamides is 1. The number of amidine groups is 1. The Morgan fingerprint density at radius 1 is 1.17 bits per heavy atom. The van der Waals surface area contributed by atoms with E-state index in [1.165, 1.54) is 47.4 Å². The van der Waals surface area contributed by atoms with Gasteiger partial charge in [0.25, 0.3) is 11.8 Å². The zero-order valence-electron chi connectivity index (χ0n) is 15.5. The summed E-state index contributed by atoms with van der Waals surface area (Å²) in [7, 11) is -3.83. The highest BCUT2D eigenvalue weighted by Gasteiger charge is 2.39. The van der Waals surface area contributed by atoms with E-state index in [2.05, 4.69) is 10.3 Å². The molecular weight excluding hydrogens is 431 g/mol. The molecule has 154 valence electrons. The normalized spacial score (nSPS) is 20.1. The van der Waals surface area contributed by atoms with Gasteiger partial charge in [0.15, 0.2) is 5.17 Å². The average Bonchev–Trinajstić information content (AvgIpc) is 3.16. The van der Waals surface area contributed by atoms with Crippen LogP contribution in [0, 0.1) is 5.82 Å². The number of rotatable bonds is 3. The van der Waals surface area contributed by atoms with Gasteiger partial charge in [-0.1, -0.05) is 0 Å². The van der Waals surface area contributed by atoms with Gasteiger partial charge in [0, 0.05) is 17.8 Å². The van der Waals surface area contributed by atoms with Gasteiger partial charge in [-0.3, -0.25) is 14.5 Å². The molecule has 0 bridgehead atoms. The second kappa shape index (κ2) is 7.35. The zero-order chi connectivity index (χ0) is 21.6. The van der Waals surface area contributed by atoms with Gasteiger partial charge < -0.3 is 5.32 Å². The molecule has 2 heterocycles. The van der Waals surface area contributed by atoms with Crippen LogP contribution in [0.25, 0.3) is 5.57 Å². The van der Waals surface area contributed by atoms with Crippen LogP contribution in [0.15, 0.2) is 57.3 Å². The van der Waals surface area contributed by atoms with Crippen molar-refractivity contribution in [3.63, 3.8) is 0 Å². The highest BCUT2D eigenvalue weighted by atomic mass is 32.2. The number of likely N-dealkylation sites (N-methyl/N-ethyl adjacent to an activating group) is 1. The Balaban J connectivity index is 1.76. The van der Waals surface area contributed by atoms with E-state index in [-0.39, 0.29) is 15.4 Å². The second-order valence-corrected chi connectivity index (χ2v) is 8.97. The van der Waals surface area contributed by atoms with Crippen LogP contribution < -0.4 is 10.5 Å². The van der Waals surface area contributed by atoms with Crippen LogP contribution in [0.4, 0.5) is 15.8 Å². The van der Waals surface area contributed by atoms with E-state index >= 15 is 0 Å². The van der Waals surface area contributed by atoms with E-state index in [0.717, 1.165) is 11.8 Å². The van der Waals surface area contributed by atoms with Gasteiger partial charge >= 0.3 is 0 Å². The third-order valence-corrected chi connectivity index (χ3v) is 6.53. The third-order valence-electron chi connectivity index (χ3n) is 4.52. The van der Waals surface area contributed by atoms with Crippen molar-refractivity contribution in [1.82, 2.24) is 4.90 Å². The molecule has 1 saturated heterocycles. The number of thioether (sulfide) groups is 1. The SMILES string of the molecule is CCN1C(=O)/C(=C2/C(=O)Nc3ccc(F)cc32)S/C1=N\c1ccc(S(N)(=O)=O)cc1. The Morgan fingerprint density at radius 2 is 1.87 bits per heavy atom. The fourth-order valence-electron chi connectivity index (χ4n) is 3.11. The summed E-state index contributed by atoms with van der Waals surface area (Å²) >= 11 is 1.01. The summed E-state index contributed by atoms with van der Waals surface area (Å²) in [6.45, 7) is 2.06. The van der Waals surface area contributed by atoms with Gasteiger partial charge in [-0.25, -0.2) is 22.9 Å². The summed E-state index contributed by atoms with van der Waals surface area (Å²) in [5.41, 5.74) is 1.27. The molecule has 4 rings (SSSR count). The van der Waals surface area contributed by atoms with E-state index in [1.54, 1.807) is 6.92 Å². The molecule has 0 spiro atoms. The van der Waals surface area contributed by atoms with Crippen LogP contribution in [0.3, 0.4) is 0 Å². The number of amides is 2. The summed E-state index contributed by atoms with van der Waals surface area (Å²) in [6, 6.07) is 9.44. The lowest BCUT2D eigenvalue weighted by atomic mass is 10.1. The van der Waals surface area contributed by atoms with Crippen molar-refractivity contribution in [2.75, 3.05) is 11.9 Å². The lowest BCUT2D eigenvalue weighted by molar-refractivity contribution is -0.122. The molecule has 8 nitrogen and oxygen atoms in total. The molecule has 0 saturated carbocycles. The first-order valence-corrected chi connectivity index (χ1v) is 11.1. The Hall–Kier alpha value is -3.02. The molecule has 2 aliphatic rings. The van der Waals surface area contributed by atoms with Gasteiger partial charge in [-0.15, -0.1) is 0 Å². The first kappa shape index (κ1) is 20.3. The van der Waals surface area contributed by atoms with Crippen molar-refractivity contribution in [3.05, 3.63) is 58.8 Å². The van der Waals surface area contributed by atoms with E-state index in [4.69, 9.17) is 5.14 Å². The number of hydrogen-bond donors (Lipinski definition) is 2. The molecule has 0 aliphatic carbocycles. The summed E-state index contributed by atoms with van der Waals surface area (Å²) in [5.74, 6) is -1.42. The number of aliphatic imine (C=N–C) groups is 1. The Morgan fingerprint density at radius 3 is 2.50 bits per heavy atom. The van der Waals surface area contributed by atoms with Crippen LogP contribution in [-0.4, -0.2) is 36.8 Å². The quantitative estimate of drug-likeness (QED) is 0.701. The van der Waals surface area contributed by atoms with Crippen LogP contribution in [0.1, 0.15) is 12.5 Å². The largest absolute Gasteiger partial charge is 0.321 e. The molecule has 0 unspecified atom stereocenters. The minimum Gasteiger partial charge on any atom is -0.321 e. The summed E-state index contributed by atoms with van der Waals surface area (Å²) in [6.07, 6.45) is 0. The van der Waals surface area contributed by atoms with Gasteiger partial charge in [0.05, 0.1) is 21.1 Å². The fraction of sp³-hybridized carbons (Fsp3) is 0.105. The Bertz CT molecular complexity index is 1250. The van der Waals surface area contributed by atoms with Crippen molar-refractivity contribution < 1.29 is 22.4 Å². The number of halogens is 1. The number of anilines is 1. The molecule has 2 aliphatic heterocycles. The minimum absolute atomic E-state index is 0.0574.